The predicted octanol–water partition coefficient (Wildman–Crippen LogP) is 3.08. The largest absolute Gasteiger partial charge is 0.780 e. The summed E-state index contributed by atoms with van der Waals surface area (Å²) in [5.41, 5.74) is 3.06. The highest BCUT2D eigenvalue weighted by Crippen LogP contribution is 2.66. The molecule has 4 atom stereocenters. The van der Waals surface area contributed by atoms with Crippen molar-refractivity contribution in [1.82, 2.24) is 0 Å². The molecule has 7 nitrogen and oxygen atoms in total. The van der Waals surface area contributed by atoms with Crippen molar-refractivity contribution in [3.05, 3.63) is 41.0 Å². The Labute approximate surface area is 170 Å². The zero-order valence-electron chi connectivity index (χ0n) is 16.4. The van der Waals surface area contributed by atoms with E-state index < -0.39 is 19.2 Å². The second kappa shape index (κ2) is 6.91. The van der Waals surface area contributed by atoms with Gasteiger partial charge in [-0.05, 0) is 57.1 Å². The molecule has 2 fully saturated rings. The second-order valence-corrected chi connectivity index (χ2v) is 9.64. The summed E-state index contributed by atoms with van der Waals surface area (Å²) >= 11 is 0. The predicted molar refractivity (Wildman–Crippen MR) is 99.2 cm³/mol. The molecule has 158 valence electrons. The molecule has 1 saturated heterocycles. The molecule has 0 N–H and O–H groups in total. The number of rotatable bonds is 4. The molecule has 4 aliphatic rings. The van der Waals surface area contributed by atoms with Crippen LogP contribution in [0.4, 0.5) is 0 Å². The molecule has 0 amide bonds. The molecule has 1 spiro atoms. The Kier molecular flexibility index (Phi) is 4.70. The van der Waals surface area contributed by atoms with E-state index in [0.717, 1.165) is 32.1 Å². The number of methoxy groups -OCH3 is 1. The summed E-state index contributed by atoms with van der Waals surface area (Å²) in [6.45, 7) is 0. The van der Waals surface area contributed by atoms with E-state index in [2.05, 4.69) is 4.52 Å². The minimum atomic E-state index is -5.16. The van der Waals surface area contributed by atoms with Crippen molar-refractivity contribution in [1.29, 1.82) is 0 Å². The van der Waals surface area contributed by atoms with E-state index in [1.807, 2.05) is 6.07 Å². The zero-order valence-corrected chi connectivity index (χ0v) is 17.3. The molecule has 29 heavy (non-hydrogen) atoms. The van der Waals surface area contributed by atoms with Gasteiger partial charge in [0, 0.05) is 24.5 Å². The molecule has 2 bridgehead atoms. The van der Waals surface area contributed by atoms with Gasteiger partial charge < -0.3 is 23.6 Å². The Bertz CT molecular complexity index is 889. The second-order valence-electron chi connectivity index (χ2n) is 8.57. The van der Waals surface area contributed by atoms with Crippen molar-refractivity contribution in [3.8, 4) is 5.75 Å². The van der Waals surface area contributed by atoms with Crippen molar-refractivity contribution < 1.29 is 33.4 Å². The highest BCUT2D eigenvalue weighted by Gasteiger charge is 2.75. The number of phosphoric ester groups is 1. The third kappa shape index (κ3) is 2.87. The molecule has 3 aliphatic carbocycles. The third-order valence-electron chi connectivity index (χ3n) is 7.24. The van der Waals surface area contributed by atoms with Crippen molar-refractivity contribution in [2.45, 2.75) is 62.8 Å². The lowest BCUT2D eigenvalue weighted by Crippen LogP contribution is -2.74. The molecule has 8 heteroatoms. The lowest BCUT2D eigenvalue weighted by atomic mass is 9.53. The fourth-order valence-corrected chi connectivity index (χ4v) is 6.59. The van der Waals surface area contributed by atoms with Crippen LogP contribution in [0.5, 0.6) is 5.75 Å². The van der Waals surface area contributed by atoms with E-state index in [1.54, 1.807) is 18.7 Å². The van der Waals surface area contributed by atoms with Crippen molar-refractivity contribution in [3.63, 3.8) is 0 Å². The monoisotopic (exact) mass is 420 g/mol. The fraction of sp³-hybridized carbons (Fsp3) is 0.619. The van der Waals surface area contributed by atoms with Crippen LogP contribution in [0.2, 0.25) is 0 Å². The van der Waals surface area contributed by atoms with E-state index in [-0.39, 0.29) is 17.6 Å². The van der Waals surface area contributed by atoms with Crippen LogP contribution in [0.1, 0.15) is 56.9 Å². The summed E-state index contributed by atoms with van der Waals surface area (Å²) in [7, 11) is -3.57. The van der Waals surface area contributed by atoms with Crippen LogP contribution >= 0.6 is 7.82 Å². The van der Waals surface area contributed by atoms with Crippen LogP contribution < -0.4 is 14.3 Å². The van der Waals surface area contributed by atoms with Gasteiger partial charge in [0.2, 0.25) is 0 Å². The molecule has 1 aromatic carbocycles. The first-order chi connectivity index (χ1) is 13.9. The molecule has 5 rings (SSSR count). The Morgan fingerprint density at radius 1 is 1.14 bits per heavy atom. The molecule has 1 heterocycles. The highest BCUT2D eigenvalue weighted by atomic mass is 31.2. The maximum Gasteiger partial charge on any atom is 0.261 e. The summed E-state index contributed by atoms with van der Waals surface area (Å²) in [6.07, 6.45) is 8.92. The van der Waals surface area contributed by atoms with E-state index in [9.17, 15) is 14.4 Å². The topological polar surface area (TPSA) is 100 Å². The molecular formula is C21H25O7P-2. The molecular weight excluding hydrogens is 395 g/mol. The first-order valence-corrected chi connectivity index (χ1v) is 11.8. The lowest BCUT2D eigenvalue weighted by Gasteiger charge is -2.65. The van der Waals surface area contributed by atoms with Crippen molar-refractivity contribution in [2.75, 3.05) is 7.11 Å². The van der Waals surface area contributed by atoms with Crippen LogP contribution in [-0.4, -0.2) is 12.7 Å². The van der Waals surface area contributed by atoms with Gasteiger partial charge in [-0.2, -0.15) is 4.89 Å². The van der Waals surface area contributed by atoms with Crippen LogP contribution in [0.3, 0.4) is 0 Å². The van der Waals surface area contributed by atoms with Crippen molar-refractivity contribution >= 4 is 7.82 Å². The fourth-order valence-electron chi connectivity index (χ4n) is 6.22. The van der Waals surface area contributed by atoms with Gasteiger partial charge in [-0.3, -0.25) is 0 Å². The van der Waals surface area contributed by atoms with Crippen molar-refractivity contribution in [2.24, 2.45) is 11.8 Å². The summed E-state index contributed by atoms with van der Waals surface area (Å²) in [5.74, 6) is -0.722. The van der Waals surface area contributed by atoms with Crippen LogP contribution in [0, 0.1) is 11.8 Å². The maximum absolute atomic E-state index is 11.1. The first kappa shape index (κ1) is 19.7. The van der Waals surface area contributed by atoms with Gasteiger partial charge >= 0.3 is 0 Å². The Morgan fingerprint density at radius 3 is 2.69 bits per heavy atom. The molecule has 0 radical (unpaired) electrons. The normalized spacial score (nSPS) is 36.5. The number of allylic oxidation sites excluding steroid dienone is 1. The highest BCUT2D eigenvalue weighted by molar-refractivity contribution is 7.43. The van der Waals surface area contributed by atoms with E-state index in [1.165, 1.54) is 37.0 Å². The first-order valence-electron chi connectivity index (χ1n) is 10.3. The average molecular weight is 420 g/mol. The zero-order chi connectivity index (χ0) is 20.3. The number of hydrogen-bond donors (Lipinski definition) is 0. The Hall–Kier alpha value is -1.21. The number of benzene rings is 1. The number of phosphoric acid groups is 1. The van der Waals surface area contributed by atoms with Gasteiger partial charge in [-0.15, -0.1) is 0 Å². The molecule has 1 aliphatic heterocycles. The number of hydrogen-bond acceptors (Lipinski definition) is 7. The van der Waals surface area contributed by atoms with Crippen LogP contribution in [0.15, 0.2) is 35.4 Å². The number of ether oxygens (including phenoxy) is 1. The van der Waals surface area contributed by atoms with Gasteiger partial charge in [0.1, 0.15) is 13.6 Å². The summed E-state index contributed by atoms with van der Waals surface area (Å²) in [4.78, 5) is 33.9. The summed E-state index contributed by atoms with van der Waals surface area (Å²) < 4.78 is 21.7. The maximum atomic E-state index is 11.1. The smallest absolute Gasteiger partial charge is 0.261 e. The quantitative estimate of drug-likeness (QED) is 0.419. The number of fused-ring (bicyclic) bond motifs is 1. The average Bonchev–Trinajstić information content (AvgIpc) is 2.66. The van der Waals surface area contributed by atoms with Gasteiger partial charge in [0.05, 0.1) is 0 Å². The van der Waals surface area contributed by atoms with Gasteiger partial charge in [0.25, 0.3) is 5.79 Å². The summed E-state index contributed by atoms with van der Waals surface area (Å²) in [6, 6.07) is 6.39. The van der Waals surface area contributed by atoms with E-state index in [0.29, 0.717) is 5.56 Å². The van der Waals surface area contributed by atoms with Crippen LogP contribution in [-0.2, 0) is 24.9 Å². The lowest BCUT2D eigenvalue weighted by molar-refractivity contribution is -0.639. The third-order valence-corrected chi connectivity index (χ3v) is 7.68. The Morgan fingerprint density at radius 2 is 1.97 bits per heavy atom. The standard InChI is InChI=1S/C21H27O7P/c1-25-21(16-8-4-9-17(13-16)26-29(22,23)24)20(27-28-21)15-7-5-11-19(20)18-10-3-2-6-14(18)12-15/h4,8-9,13,15,19H,2-3,5-7,10-12H2,1H3,(H2,22,23,24)/p-2. The van der Waals surface area contributed by atoms with Crippen LogP contribution in [0.25, 0.3) is 0 Å². The van der Waals surface area contributed by atoms with E-state index >= 15 is 0 Å². The Balaban J connectivity index is 1.59. The van der Waals surface area contributed by atoms with Gasteiger partial charge in [-0.25, -0.2) is 4.89 Å². The molecule has 4 unspecified atom stereocenters. The molecule has 1 aromatic rings. The SMILES string of the molecule is COC1(c2cccc(OP(=O)([O-])[O-])c2)OOC12C1CCCC2C2=C(CCCC2)C1. The minimum Gasteiger partial charge on any atom is -0.780 e. The molecule has 1 saturated carbocycles. The minimum absolute atomic E-state index is 0.0450. The molecule has 0 aromatic heterocycles. The van der Waals surface area contributed by atoms with Gasteiger partial charge in [0.15, 0.2) is 5.60 Å². The van der Waals surface area contributed by atoms with Gasteiger partial charge in [-0.1, -0.05) is 29.7 Å². The summed E-state index contributed by atoms with van der Waals surface area (Å²) in [5, 5.41) is 0. The van der Waals surface area contributed by atoms with E-state index in [4.69, 9.17) is 14.5 Å².